The van der Waals surface area contributed by atoms with E-state index in [4.69, 9.17) is 5.73 Å². The monoisotopic (exact) mass is 156 g/mol. The minimum Gasteiger partial charge on any atom is -0.326 e. The molecule has 66 valence electrons. The van der Waals surface area contributed by atoms with E-state index in [9.17, 15) is 0 Å². The van der Waals surface area contributed by atoms with Crippen molar-refractivity contribution in [2.75, 3.05) is 0 Å². The topological polar surface area (TPSA) is 38.0 Å². The van der Waals surface area contributed by atoms with Gasteiger partial charge in [0.05, 0.1) is 0 Å². The Kier molecular flexibility index (Phi) is 2.01. The summed E-state index contributed by atoms with van der Waals surface area (Å²) >= 11 is 0. The first kappa shape index (κ1) is 9.01. The van der Waals surface area contributed by atoms with E-state index < -0.39 is 0 Å². The van der Waals surface area contributed by atoms with Gasteiger partial charge in [-0.2, -0.15) is 0 Å². The third-order valence-corrected chi connectivity index (χ3v) is 2.91. The summed E-state index contributed by atoms with van der Waals surface area (Å²) in [7, 11) is 0. The second-order valence-electron chi connectivity index (χ2n) is 4.59. The van der Waals surface area contributed by atoms with Crippen molar-refractivity contribution in [3.05, 3.63) is 0 Å². The molecule has 11 heavy (non-hydrogen) atoms. The predicted molar refractivity (Wildman–Crippen MR) is 48.5 cm³/mol. The highest BCUT2D eigenvalue weighted by molar-refractivity contribution is 5.06. The quantitative estimate of drug-likeness (QED) is 0.599. The molecular weight excluding hydrogens is 136 g/mol. The van der Waals surface area contributed by atoms with E-state index in [1.54, 1.807) is 0 Å². The molecule has 0 bridgehead atoms. The Balaban J connectivity index is 2.73. The van der Waals surface area contributed by atoms with Gasteiger partial charge >= 0.3 is 0 Å². The van der Waals surface area contributed by atoms with Crippen molar-refractivity contribution in [2.45, 2.75) is 57.7 Å². The first-order valence-electron chi connectivity index (χ1n) is 4.44. The van der Waals surface area contributed by atoms with Gasteiger partial charge in [-0.3, -0.25) is 0 Å². The van der Waals surface area contributed by atoms with E-state index in [0.717, 1.165) is 12.8 Å². The van der Waals surface area contributed by atoms with Crippen molar-refractivity contribution in [2.24, 2.45) is 5.73 Å². The first-order valence-corrected chi connectivity index (χ1v) is 4.44. The van der Waals surface area contributed by atoms with Gasteiger partial charge in [0.1, 0.15) is 0 Å². The Morgan fingerprint density at radius 3 is 2.18 bits per heavy atom. The number of rotatable bonds is 1. The largest absolute Gasteiger partial charge is 0.326 e. The van der Waals surface area contributed by atoms with E-state index in [1.165, 1.54) is 0 Å². The number of nitrogens with one attached hydrogen (secondary N) is 1. The third kappa shape index (κ3) is 1.57. The lowest BCUT2D eigenvalue weighted by atomic mass is 9.91. The minimum atomic E-state index is 0.156. The zero-order valence-corrected chi connectivity index (χ0v) is 8.07. The molecule has 0 amide bonds. The molecule has 2 atom stereocenters. The summed E-state index contributed by atoms with van der Waals surface area (Å²) in [5.74, 6) is 0. The van der Waals surface area contributed by atoms with Crippen molar-refractivity contribution in [3.8, 4) is 0 Å². The summed E-state index contributed by atoms with van der Waals surface area (Å²) in [5.41, 5.74) is 6.42. The molecule has 1 aliphatic rings. The summed E-state index contributed by atoms with van der Waals surface area (Å²) in [5, 5.41) is 3.58. The van der Waals surface area contributed by atoms with Gasteiger partial charge in [-0.15, -0.1) is 0 Å². The Labute approximate surface area is 69.5 Å². The van der Waals surface area contributed by atoms with E-state index in [0.29, 0.717) is 6.04 Å². The Morgan fingerprint density at radius 1 is 1.45 bits per heavy atom. The van der Waals surface area contributed by atoms with Crippen LogP contribution in [0.4, 0.5) is 0 Å². The molecule has 1 aliphatic heterocycles. The van der Waals surface area contributed by atoms with Gasteiger partial charge in [0.2, 0.25) is 0 Å². The maximum absolute atomic E-state index is 6.04. The minimum absolute atomic E-state index is 0.156. The van der Waals surface area contributed by atoms with Gasteiger partial charge in [0, 0.05) is 17.1 Å². The molecule has 2 unspecified atom stereocenters. The molecule has 0 aromatic heterocycles. The van der Waals surface area contributed by atoms with Crippen molar-refractivity contribution in [1.29, 1.82) is 0 Å². The molecule has 0 aliphatic carbocycles. The fraction of sp³-hybridized carbons (Fsp3) is 1.00. The normalized spacial score (nSPS) is 42.8. The van der Waals surface area contributed by atoms with Crippen LogP contribution in [0.2, 0.25) is 0 Å². The van der Waals surface area contributed by atoms with E-state index in [1.807, 2.05) is 0 Å². The zero-order chi connectivity index (χ0) is 8.70. The summed E-state index contributed by atoms with van der Waals surface area (Å²) in [4.78, 5) is 0. The van der Waals surface area contributed by atoms with Crippen molar-refractivity contribution in [3.63, 3.8) is 0 Å². The smallest absolute Gasteiger partial charge is 0.0307 e. The number of hydrogen-bond donors (Lipinski definition) is 2. The van der Waals surface area contributed by atoms with Crippen LogP contribution in [0.3, 0.4) is 0 Å². The van der Waals surface area contributed by atoms with E-state index >= 15 is 0 Å². The van der Waals surface area contributed by atoms with E-state index in [-0.39, 0.29) is 11.1 Å². The molecule has 0 aromatic carbocycles. The summed E-state index contributed by atoms with van der Waals surface area (Å²) in [6, 6.07) is 0.308. The van der Waals surface area contributed by atoms with Crippen LogP contribution in [-0.4, -0.2) is 17.1 Å². The number of nitrogens with two attached hydrogens (primary N) is 1. The van der Waals surface area contributed by atoms with Crippen molar-refractivity contribution in [1.82, 2.24) is 5.32 Å². The van der Waals surface area contributed by atoms with Gasteiger partial charge in [-0.1, -0.05) is 6.92 Å². The molecule has 1 saturated heterocycles. The van der Waals surface area contributed by atoms with Crippen LogP contribution in [0.25, 0.3) is 0 Å². The lowest BCUT2D eigenvalue weighted by Gasteiger charge is -2.29. The molecule has 3 N–H and O–H groups in total. The average molecular weight is 156 g/mol. The zero-order valence-electron chi connectivity index (χ0n) is 8.07. The summed E-state index contributed by atoms with van der Waals surface area (Å²) < 4.78 is 0. The van der Waals surface area contributed by atoms with Crippen molar-refractivity contribution < 1.29 is 0 Å². The highest BCUT2D eigenvalue weighted by Crippen LogP contribution is 2.31. The predicted octanol–water partition coefficient (Wildman–Crippen LogP) is 1.25. The second-order valence-corrected chi connectivity index (χ2v) is 4.59. The van der Waals surface area contributed by atoms with Gasteiger partial charge in [0.15, 0.2) is 0 Å². The highest BCUT2D eigenvalue weighted by atomic mass is 15.1. The summed E-state index contributed by atoms with van der Waals surface area (Å²) in [6.07, 6.45) is 2.19. The van der Waals surface area contributed by atoms with Crippen LogP contribution in [0.15, 0.2) is 0 Å². The van der Waals surface area contributed by atoms with Gasteiger partial charge in [-0.25, -0.2) is 0 Å². The Hall–Kier alpha value is -0.0800. The van der Waals surface area contributed by atoms with E-state index in [2.05, 4.69) is 33.0 Å². The first-order chi connectivity index (χ1) is 4.90. The average Bonchev–Trinajstić information content (AvgIpc) is 2.03. The molecule has 0 radical (unpaired) electrons. The molecule has 1 heterocycles. The van der Waals surface area contributed by atoms with Crippen LogP contribution in [-0.2, 0) is 0 Å². The fourth-order valence-corrected chi connectivity index (χ4v) is 2.04. The molecule has 0 spiro atoms. The molecule has 1 fully saturated rings. The van der Waals surface area contributed by atoms with Crippen LogP contribution < -0.4 is 11.1 Å². The van der Waals surface area contributed by atoms with Crippen LogP contribution in [0.5, 0.6) is 0 Å². The maximum atomic E-state index is 6.04. The van der Waals surface area contributed by atoms with Crippen LogP contribution >= 0.6 is 0 Å². The summed E-state index contributed by atoms with van der Waals surface area (Å²) in [6.45, 7) is 8.84. The molecule has 2 nitrogen and oxygen atoms in total. The fourth-order valence-electron chi connectivity index (χ4n) is 2.04. The van der Waals surface area contributed by atoms with Gasteiger partial charge in [0.25, 0.3) is 0 Å². The molecule has 2 heteroatoms. The van der Waals surface area contributed by atoms with Gasteiger partial charge in [-0.05, 0) is 33.6 Å². The van der Waals surface area contributed by atoms with Gasteiger partial charge < -0.3 is 11.1 Å². The molecule has 1 rings (SSSR count). The standard InChI is InChI=1S/C9H20N2/c1-5-9(4)7(10)6-8(2,3)11-9/h7,11H,5-6,10H2,1-4H3. The van der Waals surface area contributed by atoms with Crippen LogP contribution in [0.1, 0.15) is 40.5 Å². The second kappa shape index (κ2) is 2.46. The Morgan fingerprint density at radius 2 is 2.00 bits per heavy atom. The highest BCUT2D eigenvalue weighted by Gasteiger charge is 2.43. The van der Waals surface area contributed by atoms with Crippen LogP contribution in [0, 0.1) is 0 Å². The third-order valence-electron chi connectivity index (χ3n) is 2.91. The lowest BCUT2D eigenvalue weighted by Crippen LogP contribution is -2.51. The SMILES string of the molecule is CCC1(C)NC(C)(C)CC1N. The molecular formula is C9H20N2. The van der Waals surface area contributed by atoms with Crippen molar-refractivity contribution >= 4 is 0 Å². The maximum Gasteiger partial charge on any atom is 0.0307 e. The lowest BCUT2D eigenvalue weighted by molar-refractivity contribution is 0.321. The molecule has 0 saturated carbocycles. The molecule has 0 aromatic rings. The Bertz CT molecular complexity index is 154. The number of hydrogen-bond acceptors (Lipinski definition) is 2.